The van der Waals surface area contributed by atoms with Gasteiger partial charge in [-0.15, -0.1) is 0 Å². The van der Waals surface area contributed by atoms with E-state index in [2.05, 4.69) is 15.9 Å². The first-order valence-corrected chi connectivity index (χ1v) is 8.73. The third-order valence-corrected chi connectivity index (χ3v) is 5.36. The fourth-order valence-electron chi connectivity index (χ4n) is 2.25. The second kappa shape index (κ2) is 7.17. The molecule has 0 aliphatic carbocycles. The van der Waals surface area contributed by atoms with Crippen molar-refractivity contribution in [2.24, 2.45) is 5.92 Å². The molecule has 0 saturated carbocycles. The molecule has 1 aromatic carbocycles. The van der Waals surface area contributed by atoms with Crippen LogP contribution in [0.2, 0.25) is 0 Å². The van der Waals surface area contributed by atoms with Crippen molar-refractivity contribution in [2.45, 2.75) is 17.7 Å². The van der Waals surface area contributed by atoms with Crippen LogP contribution in [0.3, 0.4) is 0 Å². The number of aliphatic carboxylic acids is 1. The number of carbonyl (C=O) groups is 2. The van der Waals surface area contributed by atoms with Crippen molar-refractivity contribution in [3.63, 3.8) is 0 Å². The molecule has 1 heterocycles. The number of carboxylic acids is 1. The zero-order valence-corrected chi connectivity index (χ0v) is 13.7. The maximum Gasteiger partial charge on any atom is 0.306 e. The average molecular weight is 374 g/mol. The first-order valence-electron chi connectivity index (χ1n) is 6.62. The van der Waals surface area contributed by atoms with Crippen LogP contribution in [0.1, 0.15) is 12.8 Å². The number of hydrogen-bond donors (Lipinski definition) is 1. The summed E-state index contributed by atoms with van der Waals surface area (Å²) in [5.74, 6) is -1.41. The molecule has 1 unspecified atom stereocenters. The maximum atomic E-state index is 12.1. The number of likely N-dealkylation sites (tertiary alicyclic amines) is 1. The van der Waals surface area contributed by atoms with Crippen LogP contribution in [-0.4, -0.2) is 44.9 Å². The lowest BCUT2D eigenvalue weighted by Gasteiger charge is -2.30. The average Bonchev–Trinajstić information content (AvgIpc) is 2.47. The molecule has 2 rings (SSSR count). The van der Waals surface area contributed by atoms with Crippen LogP contribution in [-0.2, 0) is 20.4 Å². The quantitative estimate of drug-likeness (QED) is 0.874. The molecule has 1 aliphatic heterocycles. The Labute approximate surface area is 133 Å². The smallest absolute Gasteiger partial charge is 0.306 e. The van der Waals surface area contributed by atoms with Gasteiger partial charge in [-0.25, -0.2) is 0 Å². The van der Waals surface area contributed by atoms with E-state index in [0.29, 0.717) is 30.8 Å². The van der Waals surface area contributed by atoms with Crippen LogP contribution in [0.5, 0.6) is 0 Å². The molecule has 0 bridgehead atoms. The Balaban J connectivity index is 1.89. The lowest BCUT2D eigenvalue weighted by atomic mass is 9.97. The standard InChI is InChI=1S/C14H16BrNO4S/c15-11-1-3-12(4-2-11)21(20)9-13(17)16-7-5-10(6-8-16)14(18)19/h1-4,10H,5-9H2,(H,18,19). The number of benzene rings is 1. The van der Waals surface area contributed by atoms with Gasteiger partial charge in [0.25, 0.3) is 0 Å². The van der Waals surface area contributed by atoms with Crippen LogP contribution < -0.4 is 0 Å². The molecule has 114 valence electrons. The molecule has 1 aromatic rings. The monoisotopic (exact) mass is 373 g/mol. The van der Waals surface area contributed by atoms with Gasteiger partial charge >= 0.3 is 5.97 Å². The summed E-state index contributed by atoms with van der Waals surface area (Å²) in [5, 5.41) is 8.92. The molecule has 1 aliphatic rings. The van der Waals surface area contributed by atoms with Gasteiger partial charge in [0.15, 0.2) is 0 Å². The Morgan fingerprint density at radius 3 is 2.33 bits per heavy atom. The van der Waals surface area contributed by atoms with Gasteiger partial charge in [-0.2, -0.15) is 0 Å². The minimum atomic E-state index is -1.37. The molecular weight excluding hydrogens is 358 g/mol. The molecule has 0 aromatic heterocycles. The summed E-state index contributed by atoms with van der Waals surface area (Å²) in [6, 6.07) is 7.03. The molecule has 7 heteroatoms. The van der Waals surface area contributed by atoms with E-state index in [9.17, 15) is 13.8 Å². The summed E-state index contributed by atoms with van der Waals surface area (Å²) in [7, 11) is -1.37. The van der Waals surface area contributed by atoms with Gasteiger partial charge in [0.2, 0.25) is 5.91 Å². The Kier molecular flexibility index (Phi) is 5.52. The zero-order valence-electron chi connectivity index (χ0n) is 11.3. The Bertz CT molecular complexity index is 553. The summed E-state index contributed by atoms with van der Waals surface area (Å²) < 4.78 is 13.0. The van der Waals surface area contributed by atoms with E-state index >= 15 is 0 Å². The normalized spacial score (nSPS) is 17.5. The second-order valence-electron chi connectivity index (χ2n) is 4.94. The number of nitrogens with zero attached hydrogens (tertiary/aromatic N) is 1. The number of halogens is 1. The highest BCUT2D eigenvalue weighted by Crippen LogP contribution is 2.18. The first-order chi connectivity index (χ1) is 9.97. The topological polar surface area (TPSA) is 74.7 Å². The van der Waals surface area contributed by atoms with Crippen molar-refractivity contribution in [2.75, 3.05) is 18.8 Å². The number of piperidine rings is 1. The van der Waals surface area contributed by atoms with Crippen molar-refractivity contribution in [3.8, 4) is 0 Å². The van der Waals surface area contributed by atoms with Crippen molar-refractivity contribution in [3.05, 3.63) is 28.7 Å². The highest BCUT2D eigenvalue weighted by Gasteiger charge is 2.27. The van der Waals surface area contributed by atoms with Gasteiger partial charge in [0, 0.05) is 22.5 Å². The van der Waals surface area contributed by atoms with E-state index in [-0.39, 0.29) is 17.6 Å². The fourth-order valence-corrected chi connectivity index (χ4v) is 3.53. The molecule has 1 N–H and O–H groups in total. The molecule has 1 atom stereocenters. The molecule has 1 saturated heterocycles. The van der Waals surface area contributed by atoms with Crippen LogP contribution in [0, 0.1) is 5.92 Å². The van der Waals surface area contributed by atoms with E-state index in [4.69, 9.17) is 5.11 Å². The SMILES string of the molecule is O=C(O)C1CCN(C(=O)CS(=O)c2ccc(Br)cc2)CC1. The van der Waals surface area contributed by atoms with E-state index in [1.54, 1.807) is 29.2 Å². The molecule has 1 fully saturated rings. The maximum absolute atomic E-state index is 12.1. The van der Waals surface area contributed by atoms with Crippen molar-refractivity contribution in [1.29, 1.82) is 0 Å². The first kappa shape index (κ1) is 16.2. The summed E-state index contributed by atoms with van der Waals surface area (Å²) in [6.45, 7) is 0.848. The van der Waals surface area contributed by atoms with E-state index < -0.39 is 16.8 Å². The van der Waals surface area contributed by atoms with E-state index in [1.165, 1.54) is 0 Å². The van der Waals surface area contributed by atoms with Crippen molar-refractivity contribution < 1.29 is 18.9 Å². The summed E-state index contributed by atoms with van der Waals surface area (Å²) >= 11 is 3.30. The van der Waals surface area contributed by atoms with Gasteiger partial charge in [-0.1, -0.05) is 15.9 Å². The third kappa shape index (κ3) is 4.38. The Hall–Kier alpha value is -1.21. The van der Waals surface area contributed by atoms with Crippen molar-refractivity contribution in [1.82, 2.24) is 4.90 Å². The van der Waals surface area contributed by atoms with E-state index in [1.807, 2.05) is 0 Å². The summed E-state index contributed by atoms with van der Waals surface area (Å²) in [4.78, 5) is 25.2. The van der Waals surface area contributed by atoms with Gasteiger partial charge < -0.3 is 10.0 Å². The predicted molar refractivity (Wildman–Crippen MR) is 82.4 cm³/mol. The number of hydrogen-bond acceptors (Lipinski definition) is 3. The van der Waals surface area contributed by atoms with Crippen molar-refractivity contribution >= 4 is 38.6 Å². The number of amides is 1. The van der Waals surface area contributed by atoms with Gasteiger partial charge in [-0.05, 0) is 37.1 Å². The molecule has 0 spiro atoms. The minimum absolute atomic E-state index is 0.0562. The molecule has 0 radical (unpaired) electrons. The number of carboxylic acid groups (broad SMARTS) is 1. The van der Waals surface area contributed by atoms with E-state index in [0.717, 1.165) is 4.47 Å². The predicted octanol–water partition coefficient (Wildman–Crippen LogP) is 1.88. The highest BCUT2D eigenvalue weighted by atomic mass is 79.9. The van der Waals surface area contributed by atoms with Crippen LogP contribution in [0.15, 0.2) is 33.6 Å². The summed E-state index contributed by atoms with van der Waals surface area (Å²) in [6.07, 6.45) is 0.929. The Morgan fingerprint density at radius 2 is 1.81 bits per heavy atom. The molecule has 1 amide bonds. The minimum Gasteiger partial charge on any atom is -0.481 e. The number of rotatable bonds is 4. The third-order valence-electron chi connectivity index (χ3n) is 3.53. The largest absolute Gasteiger partial charge is 0.481 e. The Morgan fingerprint density at radius 1 is 1.24 bits per heavy atom. The van der Waals surface area contributed by atoms with Crippen LogP contribution in [0.4, 0.5) is 0 Å². The van der Waals surface area contributed by atoms with Gasteiger partial charge in [0.1, 0.15) is 5.75 Å². The fraction of sp³-hybridized carbons (Fsp3) is 0.429. The molecule has 5 nitrogen and oxygen atoms in total. The number of carbonyl (C=O) groups excluding carboxylic acids is 1. The summed E-state index contributed by atoms with van der Waals surface area (Å²) in [5.41, 5.74) is 0. The zero-order chi connectivity index (χ0) is 15.4. The molecule has 21 heavy (non-hydrogen) atoms. The van der Waals surface area contributed by atoms with Gasteiger partial charge in [-0.3, -0.25) is 13.8 Å². The van der Waals surface area contributed by atoms with Gasteiger partial charge in [0.05, 0.1) is 16.7 Å². The lowest BCUT2D eigenvalue weighted by molar-refractivity contribution is -0.145. The molecular formula is C14H16BrNO4S. The lowest BCUT2D eigenvalue weighted by Crippen LogP contribution is -2.42. The van der Waals surface area contributed by atoms with Crippen LogP contribution in [0.25, 0.3) is 0 Å². The highest BCUT2D eigenvalue weighted by molar-refractivity contribution is 9.10. The second-order valence-corrected chi connectivity index (χ2v) is 7.30. The van der Waals surface area contributed by atoms with Crippen LogP contribution >= 0.6 is 15.9 Å².